The minimum absolute atomic E-state index is 0.135. The van der Waals surface area contributed by atoms with Crippen molar-refractivity contribution in [1.82, 2.24) is 16.0 Å². The van der Waals surface area contributed by atoms with Crippen molar-refractivity contribution in [3.63, 3.8) is 0 Å². The molecule has 5 aliphatic heterocycles. The molecule has 0 saturated carbocycles. The lowest BCUT2D eigenvalue weighted by Crippen LogP contribution is -2.72. The number of rotatable bonds is 56. The van der Waals surface area contributed by atoms with Crippen LogP contribution in [0.3, 0.4) is 0 Å². The zero-order valence-electron chi connectivity index (χ0n) is 65.6. The number of amides is 3. The SMILES string of the molecule is CCCCCCCCCCCCCCC/C=C/[C@H](O)[C@@H](CO[C@@H]1O[C@H](CO)[C@@H](OC2O[C@H](CO)[C@H](O[C@@H]3O[C@H](CO)[C@H](O)[C@H](O[C@@H]4O[C@H](CO)[C@H](O)[C@H](O)[C@H]4O)[C@H]3NC(C)=O)[C@H](O[C@]3(C(=O)O)C[C@H](O)[C@@H](NC(C)=O)[C@H]([C@H](O)[C@H](O)CO)O3)[C@H]2O)[C@H](O)[C@H]1O)NC(=O)CCCCCCCCCCCCCCCCCCC. The van der Waals surface area contributed by atoms with Gasteiger partial charge in [0, 0.05) is 26.7 Å². The lowest BCUT2D eigenvalue weighted by atomic mass is 9.88. The number of hydrogen-bond donors (Lipinski definition) is 20. The molecule has 5 aliphatic rings. The van der Waals surface area contributed by atoms with Crippen molar-refractivity contribution in [2.45, 2.75) is 411 Å². The molecule has 0 aromatic carbocycles. The molecule has 0 radical (unpaired) electrons. The average molecular weight is 1600 g/mol. The van der Waals surface area contributed by atoms with Crippen LogP contribution < -0.4 is 16.0 Å². The highest BCUT2D eigenvalue weighted by Gasteiger charge is 2.62. The van der Waals surface area contributed by atoms with E-state index in [1.54, 1.807) is 6.08 Å². The number of aliphatic carboxylic acids is 1. The molecule has 111 heavy (non-hydrogen) atoms. The Bertz CT molecular complexity index is 2570. The summed E-state index contributed by atoms with van der Waals surface area (Å²) in [6, 6.07) is -4.81. The number of unbranched alkanes of at least 4 members (excludes halogenated alkanes) is 29. The van der Waals surface area contributed by atoms with Crippen molar-refractivity contribution in [1.29, 1.82) is 0 Å². The molecule has 5 heterocycles. The van der Waals surface area contributed by atoms with Gasteiger partial charge in [-0.05, 0) is 19.3 Å². The zero-order chi connectivity index (χ0) is 81.6. The van der Waals surface area contributed by atoms with Crippen LogP contribution in [-0.4, -0.2) is 321 Å². The summed E-state index contributed by atoms with van der Waals surface area (Å²) in [5, 5.41) is 197. The number of carbonyl (C=O) groups excluding carboxylic acids is 3. The molecule has 20 N–H and O–H groups in total. The molecule has 28 atom stereocenters. The van der Waals surface area contributed by atoms with Crippen LogP contribution in [0.15, 0.2) is 12.2 Å². The van der Waals surface area contributed by atoms with Crippen LogP contribution in [0.1, 0.15) is 240 Å². The van der Waals surface area contributed by atoms with Gasteiger partial charge in [0.2, 0.25) is 17.7 Å². The molecule has 3 amide bonds. The van der Waals surface area contributed by atoms with E-state index in [1.807, 2.05) is 6.08 Å². The van der Waals surface area contributed by atoms with Crippen molar-refractivity contribution in [3.05, 3.63) is 12.2 Å². The van der Waals surface area contributed by atoms with Gasteiger partial charge in [0.05, 0.1) is 63.9 Å². The van der Waals surface area contributed by atoms with E-state index in [4.69, 9.17) is 47.4 Å². The largest absolute Gasteiger partial charge is 0.477 e. The molecule has 648 valence electrons. The molecule has 5 saturated heterocycles. The number of aliphatic hydroxyl groups excluding tert-OH is 16. The third-order valence-electron chi connectivity index (χ3n) is 21.6. The summed E-state index contributed by atoms with van der Waals surface area (Å²) < 4.78 is 60.2. The van der Waals surface area contributed by atoms with Crippen LogP contribution in [0.5, 0.6) is 0 Å². The number of allylic oxidation sites excluding steroid dienone is 1. The topological polar surface area (TPSA) is 541 Å². The second-order valence-electron chi connectivity index (χ2n) is 30.7. The van der Waals surface area contributed by atoms with E-state index in [9.17, 15) is 106 Å². The number of aliphatic hydroxyl groups is 16. The van der Waals surface area contributed by atoms with Gasteiger partial charge in [-0.15, -0.1) is 0 Å². The Hall–Kier alpha value is -3.42. The van der Waals surface area contributed by atoms with Gasteiger partial charge in [-0.3, -0.25) is 14.4 Å². The molecule has 0 aromatic rings. The lowest BCUT2D eigenvalue weighted by molar-refractivity contribution is -0.403. The van der Waals surface area contributed by atoms with Crippen LogP contribution >= 0.6 is 0 Å². The minimum atomic E-state index is -3.38. The van der Waals surface area contributed by atoms with Crippen LogP contribution in [0.2, 0.25) is 0 Å². The van der Waals surface area contributed by atoms with E-state index in [1.165, 1.54) is 128 Å². The normalized spacial score (nSPS) is 33.8. The highest BCUT2D eigenvalue weighted by molar-refractivity contribution is 5.77. The monoisotopic (exact) mass is 1600 g/mol. The van der Waals surface area contributed by atoms with Gasteiger partial charge in [0.15, 0.2) is 25.2 Å². The molecule has 0 aliphatic carbocycles. The number of carbonyl (C=O) groups is 4. The molecular weight excluding hydrogens is 1460 g/mol. The molecule has 34 nitrogen and oxygen atoms in total. The second-order valence-corrected chi connectivity index (χ2v) is 30.7. The van der Waals surface area contributed by atoms with E-state index < -0.39 is 235 Å². The van der Waals surface area contributed by atoms with Crippen LogP contribution in [0.25, 0.3) is 0 Å². The Morgan fingerprint density at radius 1 is 0.468 bits per heavy atom. The fourth-order valence-electron chi connectivity index (χ4n) is 15.0. The number of carboxylic acids is 1. The summed E-state index contributed by atoms with van der Waals surface area (Å²) in [5.74, 6) is -7.70. The fraction of sp³-hybridized carbons (Fsp3) is 0.922. The van der Waals surface area contributed by atoms with Crippen LogP contribution in [0, 0.1) is 0 Å². The van der Waals surface area contributed by atoms with E-state index >= 15 is 0 Å². The van der Waals surface area contributed by atoms with Crippen molar-refractivity contribution in [2.75, 3.05) is 39.6 Å². The summed E-state index contributed by atoms with van der Waals surface area (Å²) in [6.45, 7) is 0.352. The first kappa shape index (κ1) is 98.2. The maximum Gasteiger partial charge on any atom is 0.364 e. The van der Waals surface area contributed by atoms with E-state index in [0.717, 1.165) is 71.6 Å². The first-order valence-electron chi connectivity index (χ1n) is 41.1. The van der Waals surface area contributed by atoms with Gasteiger partial charge in [-0.2, -0.15) is 0 Å². The van der Waals surface area contributed by atoms with Crippen molar-refractivity contribution < 1.29 is 153 Å². The van der Waals surface area contributed by atoms with Gasteiger partial charge in [0.25, 0.3) is 5.79 Å². The fourth-order valence-corrected chi connectivity index (χ4v) is 15.0. The molecular formula is C77H139N3O31. The van der Waals surface area contributed by atoms with Gasteiger partial charge in [0.1, 0.15) is 116 Å². The van der Waals surface area contributed by atoms with E-state index in [2.05, 4.69) is 29.8 Å². The zero-order valence-corrected chi connectivity index (χ0v) is 65.6. The Kier molecular flexibility index (Phi) is 47.0. The van der Waals surface area contributed by atoms with Crippen molar-refractivity contribution >= 4 is 23.7 Å². The van der Waals surface area contributed by atoms with Crippen molar-refractivity contribution in [3.8, 4) is 0 Å². The van der Waals surface area contributed by atoms with Crippen LogP contribution in [0.4, 0.5) is 0 Å². The predicted molar refractivity (Wildman–Crippen MR) is 397 cm³/mol. The predicted octanol–water partition coefficient (Wildman–Crippen LogP) is 0.518. The number of carboxylic acid groups (broad SMARTS) is 1. The van der Waals surface area contributed by atoms with Crippen molar-refractivity contribution in [2.24, 2.45) is 0 Å². The Morgan fingerprint density at radius 3 is 1.39 bits per heavy atom. The third-order valence-corrected chi connectivity index (χ3v) is 21.6. The van der Waals surface area contributed by atoms with Gasteiger partial charge >= 0.3 is 5.97 Å². The Balaban J connectivity index is 1.37. The first-order valence-corrected chi connectivity index (χ1v) is 41.1. The molecule has 1 unspecified atom stereocenters. The average Bonchev–Trinajstić information content (AvgIpc) is 0.749. The molecule has 0 aromatic heterocycles. The van der Waals surface area contributed by atoms with Gasteiger partial charge in [-0.1, -0.05) is 206 Å². The number of hydrogen-bond acceptors (Lipinski definition) is 30. The van der Waals surface area contributed by atoms with E-state index in [0.29, 0.717) is 12.8 Å². The maximum absolute atomic E-state index is 13.8. The number of ether oxygens (including phenoxy) is 10. The van der Waals surface area contributed by atoms with Gasteiger partial charge in [-0.25, -0.2) is 4.79 Å². The first-order chi connectivity index (χ1) is 53.3. The molecule has 0 bridgehead atoms. The van der Waals surface area contributed by atoms with Gasteiger partial charge < -0.3 is 150 Å². The molecule has 5 rings (SSSR count). The third kappa shape index (κ3) is 31.4. The summed E-state index contributed by atoms with van der Waals surface area (Å²) in [5.41, 5.74) is 0. The lowest BCUT2D eigenvalue weighted by Gasteiger charge is -2.52. The highest BCUT2D eigenvalue weighted by Crippen LogP contribution is 2.41. The van der Waals surface area contributed by atoms with E-state index in [-0.39, 0.29) is 12.3 Å². The second kappa shape index (κ2) is 53.1. The smallest absolute Gasteiger partial charge is 0.364 e. The molecule has 0 spiro atoms. The summed E-state index contributed by atoms with van der Waals surface area (Å²) in [4.78, 5) is 53.1. The summed E-state index contributed by atoms with van der Waals surface area (Å²) >= 11 is 0. The quantitative estimate of drug-likeness (QED) is 0.0291. The standard InChI is InChI=1S/C77H139N3O31/c1-5-7-9-11-13-15-17-19-21-22-24-26-28-30-32-34-36-38-56(91)80-48(49(88)37-35-33-31-29-27-25-23-20-18-16-14-12-10-8-6-2)45-102-73-65(98)63(96)67(54(43-84)105-73)107-75-66(99)71(111-77(76(100)101)39-50(89)57(78-46(3)86)70(110-77)59(92)51(90)40-81)68(55(44-85)106-75)108-72-58(79-47(4)87)69(61(94)53(42-83)103-72)109-74-64(97)62(95)60(93)52(41-82)104-74/h35,37,48-55,57-75,81-85,88-90,92-99H,5-34,36,38-45H2,1-4H3,(H,78,86)(H,79,87)(H,80,91)(H,100,101)/b37-35+/t48-,49+,50+,51-,52-,53-,54-,55-,57-,58-,59-,60+,61+,62+,63-,64-,65-,66-,67-,68+,69-,70-,71-,72+,73-,74+,75?,77+/m1/s1. The molecule has 5 fully saturated rings. The highest BCUT2D eigenvalue weighted by atomic mass is 16.8. The summed E-state index contributed by atoms with van der Waals surface area (Å²) in [7, 11) is 0. The van der Waals surface area contributed by atoms with Crippen LogP contribution in [-0.2, 0) is 66.5 Å². The maximum atomic E-state index is 13.8. The minimum Gasteiger partial charge on any atom is -0.477 e. The molecule has 34 heteroatoms. The number of nitrogens with one attached hydrogen (secondary N) is 3. The Morgan fingerprint density at radius 2 is 0.892 bits per heavy atom. The summed E-state index contributed by atoms with van der Waals surface area (Å²) in [6.07, 6.45) is -11.3. The Labute approximate surface area is 653 Å².